The summed E-state index contributed by atoms with van der Waals surface area (Å²) < 4.78 is 16.1. The lowest BCUT2D eigenvalue weighted by molar-refractivity contribution is -0.111. The average molecular weight is 425 g/mol. The van der Waals surface area contributed by atoms with Crippen molar-refractivity contribution >= 4 is 28.5 Å². The molecule has 0 atom stereocenters. The first-order valence-corrected chi connectivity index (χ1v) is 10.3. The van der Waals surface area contributed by atoms with E-state index >= 15 is 0 Å². The molecule has 0 saturated heterocycles. The first-order valence-electron chi connectivity index (χ1n) is 9.42. The van der Waals surface area contributed by atoms with E-state index in [4.69, 9.17) is 14.2 Å². The molecule has 6 nitrogen and oxygen atoms in total. The molecule has 1 heterocycles. The molecule has 0 bridgehead atoms. The lowest BCUT2D eigenvalue weighted by atomic mass is 10.2. The number of hydrogen-bond donors (Lipinski definition) is 1. The highest BCUT2D eigenvalue weighted by Crippen LogP contribution is 2.28. The number of nitrogens with zero attached hydrogens (tertiary/aromatic N) is 1. The molecule has 3 rings (SSSR count). The largest absolute Gasteiger partial charge is 0.493 e. The van der Waals surface area contributed by atoms with Crippen LogP contribution < -0.4 is 19.5 Å². The van der Waals surface area contributed by atoms with Crippen molar-refractivity contribution in [3.63, 3.8) is 0 Å². The molecule has 0 unspecified atom stereocenters. The SMILES string of the molecule is COc1ccc(/C=C/C(=O)Nc2nc(-c3ccc(OC(C)C)cc3)cs2)cc1OC. The van der Waals surface area contributed by atoms with E-state index in [1.54, 1.807) is 32.4 Å². The van der Waals surface area contributed by atoms with Crippen LogP contribution in [0.5, 0.6) is 17.2 Å². The van der Waals surface area contributed by atoms with Gasteiger partial charge in [-0.25, -0.2) is 4.98 Å². The molecule has 0 radical (unpaired) electrons. The normalized spacial score (nSPS) is 11.0. The molecular formula is C23H24N2O4S. The van der Waals surface area contributed by atoms with Crippen molar-refractivity contribution in [3.8, 4) is 28.5 Å². The van der Waals surface area contributed by atoms with Gasteiger partial charge in [-0.05, 0) is 61.9 Å². The van der Waals surface area contributed by atoms with Gasteiger partial charge in [-0.15, -0.1) is 11.3 Å². The molecule has 0 spiro atoms. The molecule has 0 aliphatic carbocycles. The third-order valence-corrected chi connectivity index (χ3v) is 4.85. The average Bonchev–Trinajstić information content (AvgIpc) is 3.20. The number of benzene rings is 2. The fourth-order valence-corrected chi connectivity index (χ4v) is 3.44. The molecular weight excluding hydrogens is 400 g/mol. The Morgan fingerprint density at radius 1 is 1.07 bits per heavy atom. The second-order valence-corrected chi connectivity index (χ2v) is 7.52. The number of carbonyl (C=O) groups is 1. The molecule has 0 aliphatic heterocycles. The zero-order valence-corrected chi connectivity index (χ0v) is 18.2. The van der Waals surface area contributed by atoms with Gasteiger partial charge in [0.2, 0.25) is 5.91 Å². The van der Waals surface area contributed by atoms with Crippen LogP contribution in [0.3, 0.4) is 0 Å². The summed E-state index contributed by atoms with van der Waals surface area (Å²) in [6.07, 6.45) is 3.29. The number of ether oxygens (including phenoxy) is 3. The van der Waals surface area contributed by atoms with Gasteiger partial charge in [0.05, 0.1) is 26.0 Å². The first-order chi connectivity index (χ1) is 14.5. The predicted octanol–water partition coefficient (Wildman–Crippen LogP) is 5.27. The van der Waals surface area contributed by atoms with E-state index in [2.05, 4.69) is 10.3 Å². The zero-order chi connectivity index (χ0) is 21.5. The lowest BCUT2D eigenvalue weighted by Crippen LogP contribution is -2.07. The number of carbonyl (C=O) groups excluding carboxylic acids is 1. The van der Waals surface area contributed by atoms with E-state index in [-0.39, 0.29) is 12.0 Å². The van der Waals surface area contributed by atoms with Crippen molar-refractivity contribution in [2.45, 2.75) is 20.0 Å². The van der Waals surface area contributed by atoms with Crippen molar-refractivity contribution in [3.05, 3.63) is 59.5 Å². The van der Waals surface area contributed by atoms with Crippen molar-refractivity contribution in [1.82, 2.24) is 4.98 Å². The second kappa shape index (κ2) is 9.93. The number of amides is 1. The summed E-state index contributed by atoms with van der Waals surface area (Å²) in [7, 11) is 3.15. The van der Waals surface area contributed by atoms with Gasteiger partial charge >= 0.3 is 0 Å². The minimum Gasteiger partial charge on any atom is -0.493 e. The number of nitrogens with one attached hydrogen (secondary N) is 1. The predicted molar refractivity (Wildman–Crippen MR) is 121 cm³/mol. The second-order valence-electron chi connectivity index (χ2n) is 6.67. The van der Waals surface area contributed by atoms with Crippen LogP contribution in [-0.2, 0) is 4.79 Å². The van der Waals surface area contributed by atoms with Crippen LogP contribution in [0.1, 0.15) is 19.4 Å². The van der Waals surface area contributed by atoms with Crippen LogP contribution in [0.25, 0.3) is 17.3 Å². The fourth-order valence-electron chi connectivity index (χ4n) is 2.72. The van der Waals surface area contributed by atoms with E-state index in [0.717, 1.165) is 22.6 Å². The highest BCUT2D eigenvalue weighted by molar-refractivity contribution is 7.14. The topological polar surface area (TPSA) is 69.7 Å². The van der Waals surface area contributed by atoms with Crippen LogP contribution >= 0.6 is 11.3 Å². The van der Waals surface area contributed by atoms with Gasteiger partial charge in [-0.1, -0.05) is 6.07 Å². The first kappa shape index (κ1) is 21.4. The highest BCUT2D eigenvalue weighted by Gasteiger charge is 2.08. The van der Waals surface area contributed by atoms with Crippen LogP contribution in [-0.4, -0.2) is 31.2 Å². The minimum absolute atomic E-state index is 0.129. The smallest absolute Gasteiger partial charge is 0.250 e. The monoisotopic (exact) mass is 424 g/mol. The molecule has 0 aliphatic rings. The number of rotatable bonds is 8. The Bertz CT molecular complexity index is 1030. The van der Waals surface area contributed by atoms with E-state index in [1.165, 1.54) is 17.4 Å². The summed E-state index contributed by atoms with van der Waals surface area (Å²) >= 11 is 1.38. The number of methoxy groups -OCH3 is 2. The van der Waals surface area contributed by atoms with Crippen LogP contribution in [0.15, 0.2) is 53.9 Å². The Labute approximate surface area is 180 Å². The molecule has 0 saturated carbocycles. The summed E-state index contributed by atoms with van der Waals surface area (Å²) in [6, 6.07) is 13.2. The summed E-state index contributed by atoms with van der Waals surface area (Å²) in [6.45, 7) is 3.98. The number of anilines is 1. The fraction of sp³-hybridized carbons (Fsp3) is 0.217. The summed E-state index contributed by atoms with van der Waals surface area (Å²) in [5.41, 5.74) is 2.59. The Hall–Kier alpha value is -3.32. The maximum atomic E-state index is 12.3. The van der Waals surface area contributed by atoms with Crippen molar-refractivity contribution in [1.29, 1.82) is 0 Å². The maximum Gasteiger partial charge on any atom is 0.250 e. The zero-order valence-electron chi connectivity index (χ0n) is 17.3. The van der Waals surface area contributed by atoms with Gasteiger partial charge in [0.15, 0.2) is 16.6 Å². The lowest BCUT2D eigenvalue weighted by Gasteiger charge is -2.09. The maximum absolute atomic E-state index is 12.3. The van der Waals surface area contributed by atoms with Gasteiger partial charge in [-0.2, -0.15) is 0 Å². The molecule has 1 N–H and O–H groups in total. The molecule has 0 fully saturated rings. The van der Waals surface area contributed by atoms with Gasteiger partial charge in [-0.3, -0.25) is 10.1 Å². The number of hydrogen-bond acceptors (Lipinski definition) is 6. The molecule has 156 valence electrons. The van der Waals surface area contributed by atoms with Crippen molar-refractivity contribution in [2.24, 2.45) is 0 Å². The molecule has 1 aromatic heterocycles. The molecule has 30 heavy (non-hydrogen) atoms. The van der Waals surface area contributed by atoms with E-state index in [0.29, 0.717) is 16.6 Å². The van der Waals surface area contributed by atoms with Crippen LogP contribution in [0.2, 0.25) is 0 Å². The summed E-state index contributed by atoms with van der Waals surface area (Å²) in [5, 5.41) is 5.24. The highest BCUT2D eigenvalue weighted by atomic mass is 32.1. The quantitative estimate of drug-likeness (QED) is 0.499. The van der Waals surface area contributed by atoms with Crippen LogP contribution in [0.4, 0.5) is 5.13 Å². The van der Waals surface area contributed by atoms with Crippen LogP contribution in [0, 0.1) is 0 Å². The Kier molecular flexibility index (Phi) is 7.08. The summed E-state index contributed by atoms with van der Waals surface area (Å²) in [4.78, 5) is 16.7. The van der Waals surface area contributed by atoms with Crippen molar-refractivity contribution < 1.29 is 19.0 Å². The number of thiazole rings is 1. The van der Waals surface area contributed by atoms with E-state index in [9.17, 15) is 4.79 Å². The Morgan fingerprint density at radius 3 is 2.47 bits per heavy atom. The van der Waals surface area contributed by atoms with Gasteiger partial charge in [0.1, 0.15) is 5.75 Å². The van der Waals surface area contributed by atoms with E-state index in [1.807, 2.05) is 49.6 Å². The minimum atomic E-state index is -0.258. The van der Waals surface area contributed by atoms with E-state index < -0.39 is 0 Å². The molecule has 1 amide bonds. The summed E-state index contributed by atoms with van der Waals surface area (Å²) in [5.74, 6) is 1.80. The third-order valence-electron chi connectivity index (χ3n) is 4.09. The standard InChI is InChI=1S/C23H24N2O4S/c1-15(2)29-18-9-7-17(8-10-18)19-14-30-23(24-19)25-22(26)12-6-16-5-11-20(27-3)21(13-16)28-4/h5-15H,1-4H3,(H,24,25,26)/b12-6+. The van der Waals surface area contributed by atoms with Crippen molar-refractivity contribution in [2.75, 3.05) is 19.5 Å². The molecule has 3 aromatic rings. The third kappa shape index (κ3) is 5.61. The molecule has 2 aromatic carbocycles. The molecule has 7 heteroatoms. The van der Waals surface area contributed by atoms with Gasteiger partial charge in [0.25, 0.3) is 0 Å². The number of aromatic nitrogens is 1. The van der Waals surface area contributed by atoms with Gasteiger partial charge < -0.3 is 14.2 Å². The Morgan fingerprint density at radius 2 is 1.80 bits per heavy atom. The Balaban J connectivity index is 1.63. The van der Waals surface area contributed by atoms with Gasteiger partial charge in [0, 0.05) is 17.0 Å².